The maximum absolute atomic E-state index is 5.14. The monoisotopic (exact) mass is 209 g/mol. The van der Waals surface area contributed by atoms with Crippen molar-refractivity contribution in [3.63, 3.8) is 0 Å². The summed E-state index contributed by atoms with van der Waals surface area (Å²) < 4.78 is 5.14. The summed E-state index contributed by atoms with van der Waals surface area (Å²) in [6.45, 7) is 8.64. The molecule has 1 N–H and O–H groups in total. The van der Waals surface area contributed by atoms with E-state index in [0.717, 1.165) is 17.2 Å². The molecular weight excluding hydrogens is 190 g/mol. The Hall–Kier alpha value is -1.16. The molecule has 0 saturated carbocycles. The van der Waals surface area contributed by atoms with Gasteiger partial charge in [-0.2, -0.15) is 0 Å². The molecule has 1 aromatic heterocycles. The van der Waals surface area contributed by atoms with Crippen molar-refractivity contribution in [2.24, 2.45) is 0 Å². The van der Waals surface area contributed by atoms with Gasteiger partial charge in [-0.25, -0.2) is 4.98 Å². The zero-order valence-electron chi connectivity index (χ0n) is 10.1. The van der Waals surface area contributed by atoms with Gasteiger partial charge in [-0.15, -0.1) is 0 Å². The Morgan fingerprint density at radius 1 is 1.40 bits per heavy atom. The molecule has 0 amide bonds. The third-order valence-electron chi connectivity index (χ3n) is 2.04. The van der Waals surface area contributed by atoms with Gasteiger partial charge in [-0.1, -0.05) is 0 Å². The standard InChI is InChI=1S/C11H19N3O/c1-8-6-12-9(2)10(13-8)14-11(3,4)7-15-5/h6H,7H2,1-5H3,(H,13,14). The molecule has 0 aliphatic carbocycles. The van der Waals surface area contributed by atoms with Crippen LogP contribution in [0.4, 0.5) is 5.82 Å². The van der Waals surface area contributed by atoms with Crippen LogP contribution in [0.25, 0.3) is 0 Å². The fraction of sp³-hybridized carbons (Fsp3) is 0.636. The van der Waals surface area contributed by atoms with Crippen LogP contribution in [0.5, 0.6) is 0 Å². The first-order valence-electron chi connectivity index (χ1n) is 5.02. The minimum atomic E-state index is -0.137. The van der Waals surface area contributed by atoms with Gasteiger partial charge in [0, 0.05) is 13.3 Å². The fourth-order valence-corrected chi connectivity index (χ4v) is 1.37. The molecule has 4 heteroatoms. The smallest absolute Gasteiger partial charge is 0.148 e. The lowest BCUT2D eigenvalue weighted by Gasteiger charge is -2.26. The Labute approximate surface area is 91.1 Å². The van der Waals surface area contributed by atoms with E-state index in [0.29, 0.717) is 6.61 Å². The number of hydrogen-bond acceptors (Lipinski definition) is 4. The van der Waals surface area contributed by atoms with Gasteiger partial charge in [0.1, 0.15) is 5.82 Å². The quantitative estimate of drug-likeness (QED) is 0.823. The van der Waals surface area contributed by atoms with E-state index in [9.17, 15) is 0 Å². The Bertz CT molecular complexity index is 337. The average Bonchev–Trinajstić information content (AvgIpc) is 2.10. The number of rotatable bonds is 4. The van der Waals surface area contributed by atoms with E-state index in [1.807, 2.05) is 13.8 Å². The van der Waals surface area contributed by atoms with E-state index in [2.05, 4.69) is 29.1 Å². The highest BCUT2D eigenvalue weighted by Crippen LogP contribution is 2.15. The summed E-state index contributed by atoms with van der Waals surface area (Å²) in [4.78, 5) is 8.67. The van der Waals surface area contributed by atoms with Crippen LogP contribution in [0.3, 0.4) is 0 Å². The topological polar surface area (TPSA) is 47.0 Å². The van der Waals surface area contributed by atoms with Gasteiger partial charge in [0.25, 0.3) is 0 Å². The van der Waals surface area contributed by atoms with Crippen molar-refractivity contribution < 1.29 is 4.74 Å². The van der Waals surface area contributed by atoms with Gasteiger partial charge in [-0.3, -0.25) is 4.98 Å². The maximum Gasteiger partial charge on any atom is 0.148 e. The van der Waals surface area contributed by atoms with Gasteiger partial charge in [-0.05, 0) is 27.7 Å². The van der Waals surface area contributed by atoms with Crippen molar-refractivity contribution in [3.05, 3.63) is 17.6 Å². The second kappa shape index (κ2) is 4.57. The molecule has 4 nitrogen and oxygen atoms in total. The van der Waals surface area contributed by atoms with Gasteiger partial charge in [0.15, 0.2) is 0 Å². The molecule has 0 aliphatic rings. The van der Waals surface area contributed by atoms with Crippen molar-refractivity contribution >= 4 is 5.82 Å². The van der Waals surface area contributed by atoms with Crippen molar-refractivity contribution in [1.82, 2.24) is 9.97 Å². The molecule has 0 saturated heterocycles. The summed E-state index contributed by atoms with van der Waals surface area (Å²) in [7, 11) is 1.69. The maximum atomic E-state index is 5.14. The number of nitrogens with one attached hydrogen (secondary N) is 1. The Balaban J connectivity index is 2.83. The Morgan fingerprint density at radius 2 is 2.07 bits per heavy atom. The fourth-order valence-electron chi connectivity index (χ4n) is 1.37. The zero-order chi connectivity index (χ0) is 11.5. The molecule has 1 heterocycles. The molecule has 15 heavy (non-hydrogen) atoms. The summed E-state index contributed by atoms with van der Waals surface area (Å²) in [5.74, 6) is 0.831. The van der Waals surface area contributed by atoms with Crippen LogP contribution in [-0.4, -0.2) is 29.2 Å². The zero-order valence-corrected chi connectivity index (χ0v) is 10.1. The van der Waals surface area contributed by atoms with Gasteiger partial charge >= 0.3 is 0 Å². The largest absolute Gasteiger partial charge is 0.382 e. The second-order valence-corrected chi connectivity index (χ2v) is 4.39. The van der Waals surface area contributed by atoms with Crippen LogP contribution in [-0.2, 0) is 4.74 Å². The van der Waals surface area contributed by atoms with Crippen molar-refractivity contribution in [1.29, 1.82) is 0 Å². The van der Waals surface area contributed by atoms with Crippen molar-refractivity contribution in [2.75, 3.05) is 19.0 Å². The average molecular weight is 209 g/mol. The summed E-state index contributed by atoms with van der Waals surface area (Å²) in [6.07, 6.45) is 1.77. The Morgan fingerprint density at radius 3 is 2.67 bits per heavy atom. The highest BCUT2D eigenvalue weighted by Gasteiger charge is 2.18. The summed E-state index contributed by atoms with van der Waals surface area (Å²) in [5.41, 5.74) is 1.68. The number of aryl methyl sites for hydroxylation is 2. The molecule has 0 spiro atoms. The van der Waals surface area contributed by atoms with E-state index in [-0.39, 0.29) is 5.54 Å². The van der Waals surface area contributed by atoms with Crippen LogP contribution in [0.2, 0.25) is 0 Å². The summed E-state index contributed by atoms with van der Waals surface area (Å²) in [5, 5.41) is 3.33. The van der Waals surface area contributed by atoms with Crippen LogP contribution >= 0.6 is 0 Å². The van der Waals surface area contributed by atoms with Gasteiger partial charge in [0.05, 0.1) is 23.5 Å². The SMILES string of the molecule is COCC(C)(C)Nc1nc(C)cnc1C. The predicted molar refractivity (Wildman–Crippen MR) is 61.1 cm³/mol. The lowest BCUT2D eigenvalue weighted by atomic mass is 10.1. The minimum Gasteiger partial charge on any atom is -0.382 e. The third-order valence-corrected chi connectivity index (χ3v) is 2.04. The second-order valence-electron chi connectivity index (χ2n) is 4.39. The van der Waals surface area contributed by atoms with E-state index >= 15 is 0 Å². The number of hydrogen-bond donors (Lipinski definition) is 1. The molecule has 1 rings (SSSR count). The van der Waals surface area contributed by atoms with E-state index in [1.165, 1.54) is 0 Å². The first kappa shape index (κ1) is 11.9. The number of nitrogens with zero attached hydrogens (tertiary/aromatic N) is 2. The molecule has 0 aromatic carbocycles. The first-order chi connectivity index (χ1) is 6.94. The van der Waals surface area contributed by atoms with Crippen LogP contribution in [0, 0.1) is 13.8 Å². The highest BCUT2D eigenvalue weighted by atomic mass is 16.5. The number of anilines is 1. The molecule has 0 radical (unpaired) electrons. The molecule has 0 aliphatic heterocycles. The highest BCUT2D eigenvalue weighted by molar-refractivity contribution is 5.42. The number of methoxy groups -OCH3 is 1. The van der Waals surface area contributed by atoms with E-state index < -0.39 is 0 Å². The summed E-state index contributed by atoms with van der Waals surface area (Å²) in [6, 6.07) is 0. The van der Waals surface area contributed by atoms with E-state index in [4.69, 9.17) is 4.74 Å². The minimum absolute atomic E-state index is 0.137. The third kappa shape index (κ3) is 3.47. The number of aromatic nitrogens is 2. The Kier molecular flexibility index (Phi) is 3.63. The molecule has 0 bridgehead atoms. The predicted octanol–water partition coefficient (Wildman–Crippen LogP) is 1.93. The molecule has 0 fully saturated rings. The summed E-state index contributed by atoms with van der Waals surface area (Å²) >= 11 is 0. The molecular formula is C11H19N3O. The first-order valence-corrected chi connectivity index (χ1v) is 5.02. The molecule has 84 valence electrons. The molecule has 1 aromatic rings. The van der Waals surface area contributed by atoms with Crippen LogP contribution < -0.4 is 5.32 Å². The molecule has 0 unspecified atom stereocenters. The van der Waals surface area contributed by atoms with Crippen molar-refractivity contribution in [3.8, 4) is 0 Å². The normalized spacial score (nSPS) is 11.5. The van der Waals surface area contributed by atoms with Crippen LogP contribution in [0.1, 0.15) is 25.2 Å². The number of ether oxygens (including phenoxy) is 1. The molecule has 0 atom stereocenters. The van der Waals surface area contributed by atoms with Gasteiger partial charge < -0.3 is 10.1 Å². The lowest BCUT2D eigenvalue weighted by molar-refractivity contribution is 0.158. The van der Waals surface area contributed by atoms with Crippen molar-refractivity contribution in [2.45, 2.75) is 33.2 Å². The van der Waals surface area contributed by atoms with E-state index in [1.54, 1.807) is 13.3 Å². The van der Waals surface area contributed by atoms with Gasteiger partial charge in [0.2, 0.25) is 0 Å². The lowest BCUT2D eigenvalue weighted by Crippen LogP contribution is -2.36. The van der Waals surface area contributed by atoms with Crippen LogP contribution in [0.15, 0.2) is 6.20 Å².